The van der Waals surface area contributed by atoms with Crippen molar-refractivity contribution in [1.29, 1.82) is 0 Å². The Morgan fingerprint density at radius 1 is 1.09 bits per heavy atom. The zero-order valence-corrected chi connectivity index (χ0v) is 13.5. The first-order chi connectivity index (χ1) is 10.8. The molecule has 120 valence electrons. The van der Waals surface area contributed by atoms with Crippen molar-refractivity contribution in [3.8, 4) is 0 Å². The number of rotatable bonds is 5. The molecular formula is C16H16N2O4S. The van der Waals surface area contributed by atoms with Crippen LogP contribution in [0.3, 0.4) is 0 Å². The number of anilines is 2. The third-order valence-corrected chi connectivity index (χ3v) is 3.69. The van der Waals surface area contributed by atoms with Crippen molar-refractivity contribution in [2.24, 2.45) is 0 Å². The lowest BCUT2D eigenvalue weighted by atomic mass is 10.1. The summed E-state index contributed by atoms with van der Waals surface area (Å²) in [7, 11) is -3.40. The molecule has 0 atom stereocenters. The summed E-state index contributed by atoms with van der Waals surface area (Å²) in [5, 5.41) is 2.69. The van der Waals surface area contributed by atoms with Crippen LogP contribution in [0.2, 0.25) is 0 Å². The van der Waals surface area contributed by atoms with Crippen LogP contribution in [-0.2, 0) is 10.0 Å². The van der Waals surface area contributed by atoms with Gasteiger partial charge < -0.3 is 5.32 Å². The maximum Gasteiger partial charge on any atom is 0.255 e. The first-order valence-corrected chi connectivity index (χ1v) is 8.63. The third kappa shape index (κ3) is 4.65. The van der Waals surface area contributed by atoms with E-state index in [1.807, 2.05) is 0 Å². The molecule has 2 aromatic rings. The van der Waals surface area contributed by atoms with Crippen molar-refractivity contribution in [3.05, 3.63) is 59.2 Å². The summed E-state index contributed by atoms with van der Waals surface area (Å²) in [6.45, 7) is 1.76. The van der Waals surface area contributed by atoms with Crippen molar-refractivity contribution in [2.45, 2.75) is 6.92 Å². The monoisotopic (exact) mass is 332 g/mol. The number of benzene rings is 2. The largest absolute Gasteiger partial charge is 0.322 e. The summed E-state index contributed by atoms with van der Waals surface area (Å²) >= 11 is 0. The summed E-state index contributed by atoms with van der Waals surface area (Å²) in [5.74, 6) is -0.350. The minimum atomic E-state index is -3.40. The summed E-state index contributed by atoms with van der Waals surface area (Å²) < 4.78 is 25.1. The number of carbonyl (C=O) groups excluding carboxylic acids is 2. The van der Waals surface area contributed by atoms with Crippen molar-refractivity contribution >= 4 is 33.6 Å². The molecular weight excluding hydrogens is 316 g/mol. The number of amides is 1. The zero-order valence-electron chi connectivity index (χ0n) is 12.7. The lowest BCUT2D eigenvalue weighted by molar-refractivity contribution is 0.102. The average molecular weight is 332 g/mol. The molecule has 1 amide bonds. The molecule has 2 N–H and O–H groups in total. The van der Waals surface area contributed by atoms with E-state index in [2.05, 4.69) is 10.0 Å². The molecule has 0 aliphatic heterocycles. The SMILES string of the molecule is Cc1ccc(NC(=O)c2ccc(C=O)cc2)cc1NS(C)(=O)=O. The van der Waals surface area contributed by atoms with Crippen LogP contribution in [0.1, 0.15) is 26.3 Å². The number of nitrogens with one attached hydrogen (secondary N) is 2. The fourth-order valence-electron chi connectivity index (χ4n) is 1.93. The van der Waals surface area contributed by atoms with Crippen LogP contribution in [0.15, 0.2) is 42.5 Å². The number of carbonyl (C=O) groups is 2. The van der Waals surface area contributed by atoms with Crippen molar-refractivity contribution < 1.29 is 18.0 Å². The highest BCUT2D eigenvalue weighted by atomic mass is 32.2. The third-order valence-electron chi connectivity index (χ3n) is 3.10. The van der Waals surface area contributed by atoms with E-state index in [1.165, 1.54) is 0 Å². The topological polar surface area (TPSA) is 92.3 Å². The van der Waals surface area contributed by atoms with E-state index < -0.39 is 10.0 Å². The number of aryl methyl sites for hydroxylation is 1. The highest BCUT2D eigenvalue weighted by Gasteiger charge is 2.09. The van der Waals surface area contributed by atoms with Crippen molar-refractivity contribution in [1.82, 2.24) is 0 Å². The number of sulfonamides is 1. The van der Waals surface area contributed by atoms with Gasteiger partial charge in [0.1, 0.15) is 6.29 Å². The van der Waals surface area contributed by atoms with E-state index in [0.717, 1.165) is 11.8 Å². The van der Waals surface area contributed by atoms with Gasteiger partial charge in [-0.1, -0.05) is 18.2 Å². The molecule has 0 unspecified atom stereocenters. The molecule has 0 aliphatic carbocycles. The van der Waals surface area contributed by atoms with E-state index in [4.69, 9.17) is 0 Å². The molecule has 0 saturated carbocycles. The minimum absolute atomic E-state index is 0.350. The second-order valence-corrected chi connectivity index (χ2v) is 6.85. The Balaban J connectivity index is 2.20. The van der Waals surface area contributed by atoms with Gasteiger partial charge in [0, 0.05) is 16.8 Å². The van der Waals surface area contributed by atoms with Crippen LogP contribution in [0.5, 0.6) is 0 Å². The quantitative estimate of drug-likeness (QED) is 0.823. The predicted molar refractivity (Wildman–Crippen MR) is 89.4 cm³/mol. The number of hydrogen-bond donors (Lipinski definition) is 2. The van der Waals surface area contributed by atoms with Crippen LogP contribution >= 0.6 is 0 Å². The minimum Gasteiger partial charge on any atom is -0.322 e. The summed E-state index contributed by atoms with van der Waals surface area (Å²) in [5.41, 5.74) is 2.49. The second kappa shape index (κ2) is 6.62. The molecule has 0 aromatic heterocycles. The van der Waals surface area contributed by atoms with E-state index in [0.29, 0.717) is 28.8 Å². The van der Waals surface area contributed by atoms with Crippen molar-refractivity contribution in [2.75, 3.05) is 16.3 Å². The molecule has 0 saturated heterocycles. The second-order valence-electron chi connectivity index (χ2n) is 5.10. The van der Waals surface area contributed by atoms with Gasteiger partial charge in [-0.15, -0.1) is 0 Å². The predicted octanol–water partition coefficient (Wildman–Crippen LogP) is 2.43. The van der Waals surface area contributed by atoms with Gasteiger partial charge in [0.25, 0.3) is 5.91 Å². The Hall–Kier alpha value is -2.67. The van der Waals surface area contributed by atoms with Gasteiger partial charge in [0.15, 0.2) is 0 Å². The number of hydrogen-bond acceptors (Lipinski definition) is 4. The lowest BCUT2D eigenvalue weighted by Crippen LogP contribution is -2.14. The zero-order chi connectivity index (χ0) is 17.0. The number of aldehydes is 1. The molecule has 0 bridgehead atoms. The highest BCUT2D eigenvalue weighted by molar-refractivity contribution is 7.92. The normalized spacial score (nSPS) is 10.9. The van der Waals surface area contributed by atoms with E-state index in [9.17, 15) is 18.0 Å². The van der Waals surface area contributed by atoms with Gasteiger partial charge in [0.05, 0.1) is 11.9 Å². The Bertz CT molecular complexity index is 843. The molecule has 0 spiro atoms. The fraction of sp³-hybridized carbons (Fsp3) is 0.125. The Morgan fingerprint density at radius 3 is 2.30 bits per heavy atom. The van der Waals surface area contributed by atoms with Gasteiger partial charge in [-0.25, -0.2) is 8.42 Å². The molecule has 2 aromatic carbocycles. The maximum atomic E-state index is 12.2. The molecule has 0 aliphatic rings. The van der Waals surface area contributed by atoms with Gasteiger partial charge >= 0.3 is 0 Å². The van der Waals surface area contributed by atoms with E-state index >= 15 is 0 Å². The van der Waals surface area contributed by atoms with E-state index in [1.54, 1.807) is 49.4 Å². The summed E-state index contributed by atoms with van der Waals surface area (Å²) in [6.07, 6.45) is 1.76. The fourth-order valence-corrected chi connectivity index (χ4v) is 2.55. The standard InChI is InChI=1S/C16H16N2O4S/c1-11-3-8-14(9-15(11)18-23(2,21)22)17-16(20)13-6-4-12(10-19)5-7-13/h3-10,18H,1-2H3,(H,17,20). The van der Waals surface area contributed by atoms with Crippen LogP contribution in [0, 0.1) is 6.92 Å². The van der Waals surface area contributed by atoms with Crippen LogP contribution in [0.25, 0.3) is 0 Å². The summed E-state index contributed by atoms with van der Waals surface area (Å²) in [6, 6.07) is 11.1. The van der Waals surface area contributed by atoms with Gasteiger partial charge in [0.2, 0.25) is 10.0 Å². The molecule has 0 radical (unpaired) electrons. The average Bonchev–Trinajstić information content (AvgIpc) is 2.49. The molecule has 6 nitrogen and oxygen atoms in total. The lowest BCUT2D eigenvalue weighted by Gasteiger charge is -2.11. The molecule has 0 fully saturated rings. The maximum absolute atomic E-state index is 12.2. The van der Waals surface area contributed by atoms with Gasteiger partial charge in [-0.3, -0.25) is 14.3 Å². The Labute approximate surface area is 134 Å². The molecule has 2 rings (SSSR count). The first kappa shape index (κ1) is 16.7. The van der Waals surface area contributed by atoms with Crippen molar-refractivity contribution in [3.63, 3.8) is 0 Å². The summed E-state index contributed by atoms with van der Waals surface area (Å²) in [4.78, 5) is 22.8. The Morgan fingerprint density at radius 2 is 1.74 bits per heavy atom. The molecule has 7 heteroatoms. The van der Waals surface area contributed by atoms with Gasteiger partial charge in [-0.05, 0) is 36.8 Å². The molecule has 0 heterocycles. The van der Waals surface area contributed by atoms with Crippen LogP contribution < -0.4 is 10.0 Å². The molecule has 23 heavy (non-hydrogen) atoms. The van der Waals surface area contributed by atoms with Crippen LogP contribution in [0.4, 0.5) is 11.4 Å². The highest BCUT2D eigenvalue weighted by Crippen LogP contribution is 2.21. The first-order valence-electron chi connectivity index (χ1n) is 6.73. The smallest absolute Gasteiger partial charge is 0.255 e. The van der Waals surface area contributed by atoms with Gasteiger partial charge in [-0.2, -0.15) is 0 Å². The van der Waals surface area contributed by atoms with Crippen LogP contribution in [-0.4, -0.2) is 26.9 Å². The van der Waals surface area contributed by atoms with E-state index in [-0.39, 0.29) is 5.91 Å². The Kier molecular flexibility index (Phi) is 4.80.